The van der Waals surface area contributed by atoms with E-state index in [1.54, 1.807) is 0 Å². The zero-order valence-electron chi connectivity index (χ0n) is 12.4. The quantitative estimate of drug-likeness (QED) is 0.417. The monoisotopic (exact) mass is 282 g/mol. The van der Waals surface area contributed by atoms with E-state index < -0.39 is 0 Å². The van der Waals surface area contributed by atoms with Crippen molar-refractivity contribution < 1.29 is 0 Å². The molecule has 0 aliphatic rings. The number of benzene rings is 3. The van der Waals surface area contributed by atoms with Crippen LogP contribution < -0.4 is 10.9 Å². The Kier molecular flexibility index (Phi) is 3.12. The second kappa shape index (κ2) is 5.26. The van der Waals surface area contributed by atoms with Crippen molar-refractivity contribution in [2.75, 3.05) is 0 Å². The smallest absolute Gasteiger partial charge is 0.209 e. The Balaban J connectivity index is 1.96. The Morgan fingerprint density at radius 3 is 2.05 bits per heavy atom. The molecule has 4 rings (SSSR count). The van der Waals surface area contributed by atoms with Gasteiger partial charge in [0.1, 0.15) is 0 Å². The molecule has 3 heteroatoms. The predicted molar refractivity (Wildman–Crippen MR) is 94.4 cm³/mol. The van der Waals surface area contributed by atoms with Gasteiger partial charge in [0.25, 0.3) is 0 Å². The van der Waals surface area contributed by atoms with Crippen molar-refractivity contribution in [3.63, 3.8) is 0 Å². The van der Waals surface area contributed by atoms with Crippen LogP contribution in [0, 0.1) is 0 Å². The van der Waals surface area contributed by atoms with E-state index in [0.717, 1.165) is 22.1 Å². The van der Waals surface area contributed by atoms with Crippen molar-refractivity contribution in [1.29, 1.82) is 0 Å². The maximum atomic E-state index is 4.86. The molecule has 0 aliphatic heterocycles. The van der Waals surface area contributed by atoms with E-state index in [2.05, 4.69) is 43.2 Å². The normalized spacial score (nSPS) is 11.0. The summed E-state index contributed by atoms with van der Waals surface area (Å²) >= 11 is 0. The Hall–Kier alpha value is -2.68. The number of hydrogen-bond donors (Lipinski definition) is 0. The third-order valence-corrected chi connectivity index (χ3v) is 4.17. The highest BCUT2D eigenvalue weighted by molar-refractivity contribution is 6.85. The summed E-state index contributed by atoms with van der Waals surface area (Å²) in [5.74, 6) is 0. The summed E-state index contributed by atoms with van der Waals surface area (Å²) in [7, 11) is 0. The van der Waals surface area contributed by atoms with Crippen LogP contribution in [0.25, 0.3) is 22.1 Å². The van der Waals surface area contributed by atoms with Crippen molar-refractivity contribution in [2.45, 2.75) is 6.82 Å². The fourth-order valence-electron chi connectivity index (χ4n) is 2.93. The van der Waals surface area contributed by atoms with Crippen molar-refractivity contribution in [3.05, 3.63) is 72.8 Å². The van der Waals surface area contributed by atoms with Gasteiger partial charge in [0.2, 0.25) is 6.71 Å². The Labute approximate surface area is 129 Å². The summed E-state index contributed by atoms with van der Waals surface area (Å²) < 4.78 is 0. The highest BCUT2D eigenvalue weighted by atomic mass is 14.8. The summed E-state index contributed by atoms with van der Waals surface area (Å²) in [6, 6.07) is 24.8. The molecule has 104 valence electrons. The van der Waals surface area contributed by atoms with Crippen molar-refractivity contribution in [3.8, 4) is 0 Å². The Bertz CT molecular complexity index is 951. The molecule has 22 heavy (non-hydrogen) atoms. The number of hydrogen-bond acceptors (Lipinski definition) is 2. The fourth-order valence-corrected chi connectivity index (χ4v) is 2.93. The lowest BCUT2D eigenvalue weighted by atomic mass is 9.42. The van der Waals surface area contributed by atoms with Gasteiger partial charge in [-0.2, -0.15) is 0 Å². The first-order chi connectivity index (χ1) is 10.8. The third-order valence-electron chi connectivity index (χ3n) is 4.17. The van der Waals surface area contributed by atoms with Gasteiger partial charge in [-0.05, 0) is 23.7 Å². The molecule has 2 nitrogen and oxygen atoms in total. The fraction of sp³-hybridized carbons (Fsp3) is 0.0526. The van der Waals surface area contributed by atoms with E-state index in [0.29, 0.717) is 6.71 Å². The Morgan fingerprint density at radius 2 is 1.27 bits per heavy atom. The van der Waals surface area contributed by atoms with Gasteiger partial charge in [-0.1, -0.05) is 66.9 Å². The molecule has 1 aromatic heterocycles. The van der Waals surface area contributed by atoms with Crippen LogP contribution in [0.1, 0.15) is 0 Å². The van der Waals surface area contributed by atoms with Crippen LogP contribution in [0.5, 0.6) is 0 Å². The largest absolute Gasteiger partial charge is 0.245 e. The van der Waals surface area contributed by atoms with E-state index in [1.165, 1.54) is 10.9 Å². The molecule has 0 saturated heterocycles. The second-order valence-electron chi connectivity index (χ2n) is 5.56. The number of aromatic nitrogens is 2. The van der Waals surface area contributed by atoms with E-state index >= 15 is 0 Å². The molecule has 0 bridgehead atoms. The highest BCUT2D eigenvalue weighted by Crippen LogP contribution is 2.14. The lowest BCUT2D eigenvalue weighted by Gasteiger charge is -2.12. The van der Waals surface area contributed by atoms with Crippen LogP contribution in [-0.4, -0.2) is 16.7 Å². The van der Waals surface area contributed by atoms with Gasteiger partial charge in [-0.25, -0.2) is 9.97 Å². The van der Waals surface area contributed by atoms with E-state index in [4.69, 9.17) is 9.97 Å². The summed E-state index contributed by atoms with van der Waals surface area (Å²) in [4.78, 5) is 9.61. The van der Waals surface area contributed by atoms with E-state index in [-0.39, 0.29) is 0 Å². The standard InChI is InChI=1S/C19H15BN2/c1-20(14-8-3-2-4-9-14)15-10-7-13-18-19(15)22-17-12-6-5-11-16(17)21-18/h2-13H,1H3. The molecule has 1 heterocycles. The van der Waals surface area contributed by atoms with Gasteiger partial charge in [0.05, 0.1) is 22.1 Å². The molecule has 4 aromatic rings. The zero-order valence-corrected chi connectivity index (χ0v) is 12.4. The van der Waals surface area contributed by atoms with Gasteiger partial charge < -0.3 is 0 Å². The molecule has 3 aromatic carbocycles. The number of nitrogens with zero attached hydrogens (tertiary/aromatic N) is 2. The third kappa shape index (κ3) is 2.15. The molecule has 0 radical (unpaired) electrons. The van der Waals surface area contributed by atoms with Crippen LogP contribution in [0.4, 0.5) is 0 Å². The lowest BCUT2D eigenvalue weighted by Crippen LogP contribution is -2.39. The molecular formula is C19H15BN2. The number of para-hydroxylation sites is 3. The first-order valence-electron chi connectivity index (χ1n) is 7.53. The number of fused-ring (bicyclic) bond motifs is 2. The minimum atomic E-state index is 0.292. The van der Waals surface area contributed by atoms with Crippen LogP contribution >= 0.6 is 0 Å². The van der Waals surface area contributed by atoms with Crippen molar-refractivity contribution in [2.24, 2.45) is 0 Å². The SMILES string of the molecule is CB(c1ccccc1)c1cccc2nc3ccccc3nc12. The van der Waals surface area contributed by atoms with Gasteiger partial charge >= 0.3 is 0 Å². The van der Waals surface area contributed by atoms with Crippen LogP contribution in [0.15, 0.2) is 72.8 Å². The molecule has 0 amide bonds. The second-order valence-corrected chi connectivity index (χ2v) is 5.56. The average Bonchev–Trinajstić information content (AvgIpc) is 2.59. The van der Waals surface area contributed by atoms with Crippen molar-refractivity contribution in [1.82, 2.24) is 9.97 Å². The minimum Gasteiger partial charge on any atom is -0.245 e. The molecule has 0 unspecified atom stereocenters. The van der Waals surface area contributed by atoms with Crippen LogP contribution in [0.2, 0.25) is 6.82 Å². The van der Waals surface area contributed by atoms with Gasteiger partial charge in [0, 0.05) is 0 Å². The zero-order chi connectivity index (χ0) is 14.9. The lowest BCUT2D eigenvalue weighted by molar-refractivity contribution is 1.40. The summed E-state index contributed by atoms with van der Waals surface area (Å²) in [6.45, 7) is 2.52. The highest BCUT2D eigenvalue weighted by Gasteiger charge is 2.17. The maximum absolute atomic E-state index is 4.86. The van der Waals surface area contributed by atoms with Gasteiger partial charge in [0.15, 0.2) is 0 Å². The molecule has 0 spiro atoms. The van der Waals surface area contributed by atoms with Crippen LogP contribution in [0.3, 0.4) is 0 Å². The van der Waals surface area contributed by atoms with Crippen molar-refractivity contribution >= 4 is 39.7 Å². The van der Waals surface area contributed by atoms with Gasteiger partial charge in [-0.3, -0.25) is 0 Å². The minimum absolute atomic E-state index is 0.292. The first-order valence-corrected chi connectivity index (χ1v) is 7.53. The van der Waals surface area contributed by atoms with E-state index in [9.17, 15) is 0 Å². The maximum Gasteiger partial charge on any atom is 0.209 e. The molecular weight excluding hydrogens is 267 g/mol. The summed E-state index contributed by atoms with van der Waals surface area (Å²) in [5.41, 5.74) is 6.37. The topological polar surface area (TPSA) is 25.8 Å². The Morgan fingerprint density at radius 1 is 0.636 bits per heavy atom. The van der Waals surface area contributed by atoms with Gasteiger partial charge in [-0.15, -0.1) is 0 Å². The number of rotatable bonds is 2. The predicted octanol–water partition coefficient (Wildman–Crippen LogP) is 3.02. The van der Waals surface area contributed by atoms with E-state index in [1.807, 2.05) is 36.4 Å². The molecule has 0 aliphatic carbocycles. The molecule has 0 N–H and O–H groups in total. The summed E-state index contributed by atoms with van der Waals surface area (Å²) in [5, 5.41) is 0. The first kappa shape index (κ1) is 13.0. The average molecular weight is 282 g/mol. The summed E-state index contributed by atoms with van der Waals surface area (Å²) in [6.07, 6.45) is 0. The van der Waals surface area contributed by atoms with Crippen LogP contribution in [-0.2, 0) is 0 Å². The molecule has 0 saturated carbocycles. The molecule has 0 atom stereocenters. The molecule has 0 fully saturated rings.